The van der Waals surface area contributed by atoms with Crippen LogP contribution in [0.15, 0.2) is 77.3 Å². The summed E-state index contributed by atoms with van der Waals surface area (Å²) in [6.07, 6.45) is 0. The van der Waals surface area contributed by atoms with Gasteiger partial charge < -0.3 is 0 Å². The number of carbonyl (C=O) groups excluding carboxylic acids is 1. The molecule has 0 amide bonds. The van der Waals surface area contributed by atoms with Crippen LogP contribution >= 0.6 is 15.9 Å². The van der Waals surface area contributed by atoms with Crippen LogP contribution in [-0.4, -0.2) is 5.78 Å². The van der Waals surface area contributed by atoms with E-state index < -0.39 is 0 Å². The molecule has 0 aliphatic rings. The minimum absolute atomic E-state index is 0.0835. The number of hydrogen-bond acceptors (Lipinski definition) is 1. The maximum Gasteiger partial charge on any atom is 0.159 e. The number of carbonyl (C=O) groups is 1. The zero-order valence-electron chi connectivity index (χ0n) is 12.2. The van der Waals surface area contributed by atoms with Crippen LogP contribution < -0.4 is 0 Å². The monoisotopic (exact) mass is 350 g/mol. The summed E-state index contributed by atoms with van der Waals surface area (Å²) in [6, 6.07) is 24.3. The summed E-state index contributed by atoms with van der Waals surface area (Å²) in [5, 5.41) is 0. The Kier molecular flexibility index (Phi) is 4.21. The third kappa shape index (κ3) is 3.02. The van der Waals surface area contributed by atoms with Crippen molar-refractivity contribution in [2.45, 2.75) is 6.92 Å². The molecule has 0 bridgehead atoms. The van der Waals surface area contributed by atoms with E-state index in [4.69, 9.17) is 0 Å². The highest BCUT2D eigenvalue weighted by molar-refractivity contribution is 9.10. The fourth-order valence-corrected chi connectivity index (χ4v) is 2.89. The Bertz CT molecular complexity index is 822. The van der Waals surface area contributed by atoms with E-state index in [1.807, 2.05) is 48.5 Å². The Labute approximate surface area is 138 Å². The third-order valence-corrected chi connectivity index (χ3v) is 4.14. The second-order valence-corrected chi connectivity index (χ2v) is 6.11. The quantitative estimate of drug-likeness (QED) is 0.530. The summed E-state index contributed by atoms with van der Waals surface area (Å²) in [4.78, 5) is 11.6. The molecule has 1 nitrogen and oxygen atoms in total. The van der Waals surface area contributed by atoms with Gasteiger partial charge in [0.05, 0.1) is 0 Å². The van der Waals surface area contributed by atoms with E-state index in [-0.39, 0.29) is 5.78 Å². The van der Waals surface area contributed by atoms with Gasteiger partial charge in [-0.1, -0.05) is 70.5 Å². The zero-order chi connectivity index (χ0) is 15.5. The Morgan fingerprint density at radius 2 is 1.50 bits per heavy atom. The third-order valence-electron chi connectivity index (χ3n) is 3.65. The molecular weight excluding hydrogens is 336 g/mol. The number of hydrogen-bond donors (Lipinski definition) is 0. The Morgan fingerprint density at radius 3 is 2.23 bits per heavy atom. The van der Waals surface area contributed by atoms with Gasteiger partial charge in [-0.05, 0) is 47.4 Å². The minimum Gasteiger partial charge on any atom is -0.295 e. The summed E-state index contributed by atoms with van der Waals surface area (Å²) in [6.45, 7) is 1.60. The molecule has 3 aromatic carbocycles. The first-order valence-corrected chi connectivity index (χ1v) is 7.91. The number of rotatable bonds is 3. The van der Waals surface area contributed by atoms with Crippen LogP contribution in [0.5, 0.6) is 0 Å². The first-order chi connectivity index (χ1) is 10.6. The lowest BCUT2D eigenvalue weighted by molar-refractivity contribution is 0.101. The molecule has 22 heavy (non-hydrogen) atoms. The SMILES string of the molecule is CC(=O)c1cccc(-c2ccc(Br)cc2-c2ccccc2)c1. The van der Waals surface area contributed by atoms with E-state index in [0.717, 1.165) is 32.3 Å². The van der Waals surface area contributed by atoms with E-state index in [1.165, 1.54) is 0 Å². The molecule has 108 valence electrons. The maximum absolute atomic E-state index is 11.6. The molecule has 0 atom stereocenters. The van der Waals surface area contributed by atoms with Crippen LogP contribution in [0.2, 0.25) is 0 Å². The van der Waals surface area contributed by atoms with E-state index in [9.17, 15) is 4.79 Å². The number of Topliss-reactive ketones (excluding diaryl/α,β-unsaturated/α-hetero) is 1. The zero-order valence-corrected chi connectivity index (χ0v) is 13.8. The lowest BCUT2D eigenvalue weighted by Crippen LogP contribution is -1.93. The smallest absolute Gasteiger partial charge is 0.159 e. The summed E-state index contributed by atoms with van der Waals surface area (Å²) < 4.78 is 1.04. The van der Waals surface area contributed by atoms with Crippen molar-refractivity contribution in [2.24, 2.45) is 0 Å². The van der Waals surface area contributed by atoms with Crippen molar-refractivity contribution in [3.63, 3.8) is 0 Å². The molecule has 3 aromatic rings. The average molecular weight is 351 g/mol. The number of halogens is 1. The van der Waals surface area contributed by atoms with Crippen LogP contribution in [0.3, 0.4) is 0 Å². The molecule has 0 heterocycles. The standard InChI is InChI=1S/C20H15BrO/c1-14(22)16-8-5-9-17(12-16)19-11-10-18(21)13-20(19)15-6-3-2-4-7-15/h2-13H,1H3. The molecule has 0 saturated carbocycles. The van der Waals surface area contributed by atoms with Gasteiger partial charge in [0.1, 0.15) is 0 Å². The van der Waals surface area contributed by atoms with Gasteiger partial charge >= 0.3 is 0 Å². The van der Waals surface area contributed by atoms with Crippen molar-refractivity contribution >= 4 is 21.7 Å². The highest BCUT2D eigenvalue weighted by atomic mass is 79.9. The van der Waals surface area contributed by atoms with E-state index in [1.54, 1.807) is 6.92 Å². The normalized spacial score (nSPS) is 10.5. The second-order valence-electron chi connectivity index (χ2n) is 5.19. The largest absolute Gasteiger partial charge is 0.295 e. The van der Waals surface area contributed by atoms with Gasteiger partial charge in [-0.2, -0.15) is 0 Å². The van der Waals surface area contributed by atoms with E-state index in [2.05, 4.69) is 40.2 Å². The van der Waals surface area contributed by atoms with Crippen LogP contribution in [-0.2, 0) is 0 Å². The Morgan fingerprint density at radius 1 is 0.773 bits per heavy atom. The Hall–Kier alpha value is -2.19. The maximum atomic E-state index is 11.6. The van der Waals surface area contributed by atoms with Gasteiger partial charge in [-0.25, -0.2) is 0 Å². The van der Waals surface area contributed by atoms with Crippen molar-refractivity contribution in [2.75, 3.05) is 0 Å². The molecular formula is C20H15BrO. The van der Waals surface area contributed by atoms with Crippen LogP contribution in [0, 0.1) is 0 Å². The number of benzene rings is 3. The predicted octanol–water partition coefficient (Wildman–Crippen LogP) is 5.99. The van der Waals surface area contributed by atoms with Crippen LogP contribution in [0.1, 0.15) is 17.3 Å². The van der Waals surface area contributed by atoms with Crippen molar-refractivity contribution in [3.8, 4) is 22.3 Å². The van der Waals surface area contributed by atoms with Gasteiger partial charge in [0, 0.05) is 10.0 Å². The summed E-state index contributed by atoms with van der Waals surface area (Å²) in [5.41, 5.74) is 5.22. The van der Waals surface area contributed by atoms with Crippen molar-refractivity contribution < 1.29 is 4.79 Å². The minimum atomic E-state index is 0.0835. The summed E-state index contributed by atoms with van der Waals surface area (Å²) >= 11 is 3.55. The molecule has 0 saturated heterocycles. The van der Waals surface area contributed by atoms with Gasteiger partial charge in [0.15, 0.2) is 5.78 Å². The topological polar surface area (TPSA) is 17.1 Å². The lowest BCUT2D eigenvalue weighted by atomic mass is 9.93. The van der Waals surface area contributed by atoms with Gasteiger partial charge in [0.25, 0.3) is 0 Å². The van der Waals surface area contributed by atoms with E-state index >= 15 is 0 Å². The van der Waals surface area contributed by atoms with Crippen LogP contribution in [0.4, 0.5) is 0 Å². The van der Waals surface area contributed by atoms with Gasteiger partial charge in [-0.3, -0.25) is 4.79 Å². The van der Waals surface area contributed by atoms with Crippen LogP contribution in [0.25, 0.3) is 22.3 Å². The first-order valence-electron chi connectivity index (χ1n) is 7.11. The molecule has 0 spiro atoms. The summed E-state index contributed by atoms with van der Waals surface area (Å²) in [5.74, 6) is 0.0835. The predicted molar refractivity (Wildman–Crippen MR) is 95.0 cm³/mol. The molecule has 0 fully saturated rings. The molecule has 0 aliphatic heterocycles. The number of ketones is 1. The fraction of sp³-hybridized carbons (Fsp3) is 0.0500. The molecule has 0 aromatic heterocycles. The molecule has 0 unspecified atom stereocenters. The molecule has 0 radical (unpaired) electrons. The van der Waals surface area contributed by atoms with Crippen molar-refractivity contribution in [3.05, 3.63) is 82.8 Å². The van der Waals surface area contributed by atoms with Crippen molar-refractivity contribution in [1.82, 2.24) is 0 Å². The van der Waals surface area contributed by atoms with E-state index in [0.29, 0.717) is 0 Å². The molecule has 0 aliphatic carbocycles. The molecule has 3 rings (SSSR count). The highest BCUT2D eigenvalue weighted by Gasteiger charge is 2.09. The fourth-order valence-electron chi connectivity index (χ4n) is 2.53. The molecule has 0 N–H and O–H groups in total. The molecule has 2 heteroatoms. The lowest BCUT2D eigenvalue weighted by Gasteiger charge is -2.12. The van der Waals surface area contributed by atoms with Gasteiger partial charge in [0.2, 0.25) is 0 Å². The summed E-state index contributed by atoms with van der Waals surface area (Å²) in [7, 11) is 0. The second kappa shape index (κ2) is 6.29. The first kappa shape index (κ1) is 14.7. The highest BCUT2D eigenvalue weighted by Crippen LogP contribution is 2.34. The van der Waals surface area contributed by atoms with Gasteiger partial charge in [-0.15, -0.1) is 0 Å². The Balaban J connectivity index is 2.19. The van der Waals surface area contributed by atoms with Crippen molar-refractivity contribution in [1.29, 1.82) is 0 Å². The average Bonchev–Trinajstić information content (AvgIpc) is 2.55.